The maximum Gasteiger partial charge on any atom is 0.130 e. The van der Waals surface area contributed by atoms with Crippen LogP contribution in [0.4, 0.5) is 0 Å². The van der Waals surface area contributed by atoms with Crippen molar-refractivity contribution in [2.75, 3.05) is 7.11 Å². The van der Waals surface area contributed by atoms with Crippen LogP contribution in [0.2, 0.25) is 0 Å². The van der Waals surface area contributed by atoms with E-state index in [9.17, 15) is 0 Å². The molecule has 6 nitrogen and oxygen atoms in total. The van der Waals surface area contributed by atoms with E-state index in [2.05, 4.69) is 25.8 Å². The fourth-order valence-corrected chi connectivity index (χ4v) is 3.08. The number of nitrogens with zero attached hydrogens (tertiary/aromatic N) is 3. The lowest BCUT2D eigenvalue weighted by Crippen LogP contribution is -1.98. The molecule has 0 atom stereocenters. The monoisotopic (exact) mass is 412 g/mol. The number of pyridine rings is 1. The Balaban J connectivity index is 1.42. The lowest BCUT2D eigenvalue weighted by molar-refractivity contribution is 0.299. The molecule has 0 radical (unpaired) electrons. The Morgan fingerprint density at radius 3 is 2.71 bits per heavy atom. The molecule has 0 aliphatic heterocycles. The largest absolute Gasteiger partial charge is 0.496 e. The predicted octanol–water partition coefficient (Wildman–Crippen LogP) is 5.07. The first-order valence-corrected chi connectivity index (χ1v) is 9.95. The normalized spacial score (nSPS) is 11.4. The first kappa shape index (κ1) is 20.2. The van der Waals surface area contributed by atoms with Crippen molar-refractivity contribution in [1.82, 2.24) is 19.7 Å². The van der Waals surface area contributed by atoms with Crippen LogP contribution in [0, 0.1) is 0 Å². The summed E-state index contributed by atoms with van der Waals surface area (Å²) >= 11 is 0. The second-order valence-electron chi connectivity index (χ2n) is 6.97. The van der Waals surface area contributed by atoms with Crippen LogP contribution < -0.4 is 9.47 Å². The van der Waals surface area contributed by atoms with Gasteiger partial charge in [0, 0.05) is 36.8 Å². The zero-order valence-electron chi connectivity index (χ0n) is 17.5. The van der Waals surface area contributed by atoms with Crippen LogP contribution in [0.15, 0.2) is 67.0 Å². The molecule has 3 aromatic heterocycles. The van der Waals surface area contributed by atoms with Crippen molar-refractivity contribution in [2.45, 2.75) is 6.61 Å². The summed E-state index contributed by atoms with van der Waals surface area (Å²) in [6, 6.07) is 17.6. The van der Waals surface area contributed by atoms with Crippen LogP contribution >= 0.6 is 0 Å². The fourth-order valence-electron chi connectivity index (χ4n) is 3.08. The zero-order chi connectivity index (χ0) is 21.5. The highest BCUT2D eigenvalue weighted by Crippen LogP contribution is 2.27. The molecule has 0 saturated heterocycles. The molecule has 0 bridgehead atoms. The minimum atomic E-state index is 0.408. The second kappa shape index (κ2) is 9.63. The average Bonchev–Trinajstić information content (AvgIpc) is 3.44. The van der Waals surface area contributed by atoms with Crippen molar-refractivity contribution in [2.24, 2.45) is 7.05 Å². The van der Waals surface area contributed by atoms with Crippen molar-refractivity contribution in [3.63, 3.8) is 0 Å². The van der Waals surface area contributed by atoms with E-state index in [0.29, 0.717) is 6.61 Å². The number of ether oxygens (including phenoxy) is 2. The molecule has 0 fully saturated rings. The Labute approximate surface area is 181 Å². The van der Waals surface area contributed by atoms with Crippen molar-refractivity contribution in [1.29, 1.82) is 0 Å². The van der Waals surface area contributed by atoms with Gasteiger partial charge >= 0.3 is 0 Å². The lowest BCUT2D eigenvalue weighted by atomic mass is 10.1. The highest BCUT2D eigenvalue weighted by Gasteiger charge is 2.04. The number of hydrogen-bond donors (Lipinski definition) is 1. The van der Waals surface area contributed by atoms with E-state index in [4.69, 9.17) is 9.47 Å². The van der Waals surface area contributed by atoms with Gasteiger partial charge in [0.05, 0.1) is 24.2 Å². The van der Waals surface area contributed by atoms with Crippen molar-refractivity contribution in [3.8, 4) is 11.5 Å². The Kier molecular flexibility index (Phi) is 6.28. The number of rotatable bonds is 8. The number of nitrogens with one attached hydrogen (secondary N) is 1. The molecule has 4 aromatic rings. The molecular weight excluding hydrogens is 388 g/mol. The SMILES string of the molecule is COc1cc(OCc2ccccn2)ccc1C=Cc1cc(/C=C/c2cccn2C)[nH]n1. The maximum atomic E-state index is 5.83. The van der Waals surface area contributed by atoms with E-state index in [1.165, 1.54) is 0 Å². The van der Waals surface area contributed by atoms with Crippen molar-refractivity contribution < 1.29 is 9.47 Å². The van der Waals surface area contributed by atoms with E-state index in [1.54, 1.807) is 13.3 Å². The standard InChI is InChI=1S/C25H24N4O2/c1-29-15-5-7-23(29)12-11-21-16-20(27-28-21)10-8-19-9-13-24(17-25(19)30-2)31-18-22-6-3-4-14-26-22/h3-17H,18H2,1-2H3,(H,27,28)/b10-8?,12-11+. The van der Waals surface area contributed by atoms with E-state index < -0.39 is 0 Å². The third-order valence-electron chi connectivity index (χ3n) is 4.79. The van der Waals surface area contributed by atoms with Crippen LogP contribution in [0.1, 0.15) is 28.3 Å². The molecule has 1 aromatic carbocycles. The molecule has 156 valence electrons. The summed E-state index contributed by atoms with van der Waals surface area (Å²) in [7, 11) is 3.67. The smallest absolute Gasteiger partial charge is 0.130 e. The van der Waals surface area contributed by atoms with Crippen molar-refractivity contribution in [3.05, 3.63) is 95.3 Å². The third-order valence-corrected chi connectivity index (χ3v) is 4.79. The van der Waals surface area contributed by atoms with Gasteiger partial charge in [-0.1, -0.05) is 6.07 Å². The summed E-state index contributed by atoms with van der Waals surface area (Å²) < 4.78 is 13.4. The molecule has 0 amide bonds. The van der Waals surface area contributed by atoms with Gasteiger partial charge in [-0.3, -0.25) is 10.1 Å². The van der Waals surface area contributed by atoms with Gasteiger partial charge in [0.15, 0.2) is 0 Å². The van der Waals surface area contributed by atoms with E-state index >= 15 is 0 Å². The Bertz CT molecular complexity index is 1190. The fraction of sp³-hybridized carbons (Fsp3) is 0.120. The van der Waals surface area contributed by atoms with E-state index in [-0.39, 0.29) is 0 Å². The molecule has 0 unspecified atom stereocenters. The Hall–Kier alpha value is -4.06. The molecule has 0 spiro atoms. The van der Waals surface area contributed by atoms with Crippen LogP contribution in [-0.4, -0.2) is 26.9 Å². The van der Waals surface area contributed by atoms with Gasteiger partial charge in [0.25, 0.3) is 0 Å². The van der Waals surface area contributed by atoms with Gasteiger partial charge in [-0.2, -0.15) is 5.10 Å². The number of benzene rings is 1. The van der Waals surface area contributed by atoms with Crippen LogP contribution in [-0.2, 0) is 13.7 Å². The summed E-state index contributed by atoms with van der Waals surface area (Å²) in [6.07, 6.45) is 11.8. The summed E-state index contributed by atoms with van der Waals surface area (Å²) in [5.74, 6) is 1.46. The molecule has 4 rings (SSSR count). The Morgan fingerprint density at radius 2 is 1.94 bits per heavy atom. The number of aryl methyl sites for hydroxylation is 1. The lowest BCUT2D eigenvalue weighted by Gasteiger charge is -2.09. The highest BCUT2D eigenvalue weighted by molar-refractivity contribution is 5.73. The van der Waals surface area contributed by atoms with Gasteiger partial charge in [0.2, 0.25) is 0 Å². The first-order chi connectivity index (χ1) is 15.2. The maximum absolute atomic E-state index is 5.83. The molecular formula is C25H24N4O2. The van der Waals surface area contributed by atoms with E-state index in [0.717, 1.165) is 39.8 Å². The summed E-state index contributed by atoms with van der Waals surface area (Å²) in [4.78, 5) is 4.27. The highest BCUT2D eigenvalue weighted by atomic mass is 16.5. The average molecular weight is 412 g/mol. The van der Waals surface area contributed by atoms with Crippen LogP contribution in [0.3, 0.4) is 0 Å². The van der Waals surface area contributed by atoms with Crippen molar-refractivity contribution >= 4 is 24.3 Å². The Morgan fingerprint density at radius 1 is 1.00 bits per heavy atom. The summed E-state index contributed by atoms with van der Waals surface area (Å²) in [5.41, 5.74) is 4.72. The molecule has 3 heterocycles. The molecule has 31 heavy (non-hydrogen) atoms. The molecule has 0 aliphatic rings. The minimum Gasteiger partial charge on any atom is -0.496 e. The van der Waals surface area contributed by atoms with Gasteiger partial charge in [0.1, 0.15) is 18.1 Å². The molecule has 0 saturated carbocycles. The summed E-state index contributed by atoms with van der Waals surface area (Å²) in [6.45, 7) is 0.408. The number of aromatic amines is 1. The minimum absolute atomic E-state index is 0.408. The molecule has 6 heteroatoms. The topological polar surface area (TPSA) is 65.0 Å². The van der Waals surface area contributed by atoms with Crippen LogP contribution in [0.25, 0.3) is 24.3 Å². The number of hydrogen-bond acceptors (Lipinski definition) is 4. The van der Waals surface area contributed by atoms with Gasteiger partial charge in [-0.15, -0.1) is 0 Å². The number of H-pyrrole nitrogens is 1. The van der Waals surface area contributed by atoms with Crippen LogP contribution in [0.5, 0.6) is 11.5 Å². The number of methoxy groups -OCH3 is 1. The van der Waals surface area contributed by atoms with Gasteiger partial charge < -0.3 is 14.0 Å². The predicted molar refractivity (Wildman–Crippen MR) is 123 cm³/mol. The van der Waals surface area contributed by atoms with Gasteiger partial charge in [-0.25, -0.2) is 0 Å². The second-order valence-corrected chi connectivity index (χ2v) is 6.97. The molecule has 1 N–H and O–H groups in total. The zero-order valence-corrected chi connectivity index (χ0v) is 17.5. The third kappa shape index (κ3) is 5.30. The quantitative estimate of drug-likeness (QED) is 0.439. The number of aromatic nitrogens is 4. The van der Waals surface area contributed by atoms with E-state index in [1.807, 2.05) is 86.1 Å². The first-order valence-electron chi connectivity index (χ1n) is 9.95. The molecule has 0 aliphatic carbocycles. The van der Waals surface area contributed by atoms with Gasteiger partial charge in [-0.05, 0) is 66.8 Å². The summed E-state index contributed by atoms with van der Waals surface area (Å²) in [5, 5.41) is 7.39.